The van der Waals surface area contributed by atoms with Gasteiger partial charge < -0.3 is 0 Å². The molecule has 1 fully saturated rings. The molecule has 94 valence electrons. The number of rotatable bonds is 2. The third-order valence-electron chi connectivity index (χ3n) is 2.90. The first-order valence-corrected chi connectivity index (χ1v) is 7.60. The Morgan fingerprint density at radius 1 is 1.35 bits per heavy atom. The van der Waals surface area contributed by atoms with E-state index in [9.17, 15) is 4.39 Å². The van der Waals surface area contributed by atoms with Gasteiger partial charge in [0.2, 0.25) is 0 Å². The molecule has 1 aliphatic rings. The summed E-state index contributed by atoms with van der Waals surface area (Å²) in [4.78, 5) is 2.45. The van der Waals surface area contributed by atoms with E-state index in [1.54, 1.807) is 6.07 Å². The standard InChI is InChI=1S/C13H17BrFNS/c1-9-6-16(7-10(2)17-9)8-11-3-4-12(15)5-13(11)14/h3-5,9-10H,6-8H2,1-2H3. The Bertz CT molecular complexity index is 389. The van der Waals surface area contributed by atoms with E-state index >= 15 is 0 Å². The van der Waals surface area contributed by atoms with Crippen LogP contribution in [0.2, 0.25) is 0 Å². The van der Waals surface area contributed by atoms with Crippen LogP contribution >= 0.6 is 27.7 Å². The number of benzene rings is 1. The zero-order valence-corrected chi connectivity index (χ0v) is 12.5. The maximum Gasteiger partial charge on any atom is 0.124 e. The minimum absolute atomic E-state index is 0.184. The lowest BCUT2D eigenvalue weighted by Crippen LogP contribution is -2.39. The van der Waals surface area contributed by atoms with Crippen LogP contribution in [0.5, 0.6) is 0 Å². The maximum absolute atomic E-state index is 13.0. The molecule has 0 radical (unpaired) electrons. The topological polar surface area (TPSA) is 3.24 Å². The molecule has 17 heavy (non-hydrogen) atoms. The largest absolute Gasteiger partial charge is 0.297 e. The summed E-state index contributed by atoms with van der Waals surface area (Å²) in [5.41, 5.74) is 1.16. The molecule has 0 amide bonds. The molecule has 1 aromatic rings. The van der Waals surface area contributed by atoms with Gasteiger partial charge in [0.1, 0.15) is 5.82 Å². The first-order valence-electron chi connectivity index (χ1n) is 5.86. The van der Waals surface area contributed by atoms with Crippen LogP contribution in [-0.2, 0) is 6.54 Å². The molecule has 2 unspecified atom stereocenters. The predicted molar refractivity (Wildman–Crippen MR) is 75.9 cm³/mol. The van der Waals surface area contributed by atoms with Crippen molar-refractivity contribution < 1.29 is 4.39 Å². The van der Waals surface area contributed by atoms with Gasteiger partial charge in [-0.25, -0.2) is 4.39 Å². The Hall–Kier alpha value is -0.0600. The second-order valence-corrected chi connectivity index (χ2v) is 7.42. The summed E-state index contributed by atoms with van der Waals surface area (Å²) in [6, 6.07) is 4.95. The average Bonchev–Trinajstić information content (AvgIpc) is 2.21. The monoisotopic (exact) mass is 317 g/mol. The van der Waals surface area contributed by atoms with Crippen molar-refractivity contribution in [1.82, 2.24) is 4.90 Å². The Morgan fingerprint density at radius 2 is 2.00 bits per heavy atom. The van der Waals surface area contributed by atoms with Gasteiger partial charge in [0.25, 0.3) is 0 Å². The molecule has 4 heteroatoms. The van der Waals surface area contributed by atoms with Crippen molar-refractivity contribution in [1.29, 1.82) is 0 Å². The second-order valence-electron chi connectivity index (χ2n) is 4.69. The first kappa shape index (κ1) is 13.4. The molecule has 1 heterocycles. The van der Waals surface area contributed by atoms with Crippen LogP contribution < -0.4 is 0 Å². The molecule has 0 aliphatic carbocycles. The Labute approximate surface area is 115 Å². The molecular formula is C13H17BrFNS. The lowest BCUT2D eigenvalue weighted by Gasteiger charge is -2.34. The molecule has 1 saturated heterocycles. The van der Waals surface area contributed by atoms with E-state index in [4.69, 9.17) is 0 Å². The van der Waals surface area contributed by atoms with Gasteiger partial charge in [-0.2, -0.15) is 11.8 Å². The zero-order valence-electron chi connectivity index (χ0n) is 10.1. The van der Waals surface area contributed by atoms with E-state index in [1.165, 1.54) is 6.07 Å². The Kier molecular flexibility index (Phi) is 4.50. The second kappa shape index (κ2) is 5.72. The van der Waals surface area contributed by atoms with Crippen molar-refractivity contribution in [3.8, 4) is 0 Å². The van der Waals surface area contributed by atoms with Crippen LogP contribution in [0.3, 0.4) is 0 Å². The lowest BCUT2D eigenvalue weighted by atomic mass is 10.2. The highest BCUT2D eigenvalue weighted by Crippen LogP contribution is 2.27. The minimum Gasteiger partial charge on any atom is -0.297 e. The molecule has 0 bridgehead atoms. The number of hydrogen-bond donors (Lipinski definition) is 0. The van der Waals surface area contributed by atoms with Crippen molar-refractivity contribution >= 4 is 27.7 Å². The summed E-state index contributed by atoms with van der Waals surface area (Å²) < 4.78 is 13.9. The van der Waals surface area contributed by atoms with Crippen molar-refractivity contribution in [3.63, 3.8) is 0 Å². The molecule has 0 aromatic heterocycles. The quantitative estimate of drug-likeness (QED) is 0.813. The third-order valence-corrected chi connectivity index (χ3v) is 4.87. The Balaban J connectivity index is 2.04. The van der Waals surface area contributed by atoms with Gasteiger partial charge in [0, 0.05) is 34.6 Å². The number of hydrogen-bond acceptors (Lipinski definition) is 2. The van der Waals surface area contributed by atoms with Gasteiger partial charge in [-0.05, 0) is 17.7 Å². The third kappa shape index (κ3) is 3.70. The smallest absolute Gasteiger partial charge is 0.124 e. The number of thioether (sulfide) groups is 1. The van der Waals surface area contributed by atoms with Crippen molar-refractivity contribution in [3.05, 3.63) is 34.1 Å². The summed E-state index contributed by atoms with van der Waals surface area (Å²) in [5.74, 6) is -0.184. The van der Waals surface area contributed by atoms with Gasteiger partial charge in [-0.1, -0.05) is 35.8 Å². The van der Waals surface area contributed by atoms with Crippen molar-refractivity contribution in [2.45, 2.75) is 30.9 Å². The van der Waals surface area contributed by atoms with E-state index in [-0.39, 0.29) is 5.82 Å². The molecule has 1 nitrogen and oxygen atoms in total. The summed E-state index contributed by atoms with van der Waals surface area (Å²) >= 11 is 5.48. The molecule has 0 saturated carbocycles. The van der Waals surface area contributed by atoms with Gasteiger partial charge in [-0.3, -0.25) is 4.90 Å². The number of halogens is 2. The molecule has 2 rings (SSSR count). The fraction of sp³-hybridized carbons (Fsp3) is 0.538. The molecule has 1 aliphatic heterocycles. The van der Waals surface area contributed by atoms with Gasteiger partial charge >= 0.3 is 0 Å². The molecule has 0 N–H and O–H groups in total. The van der Waals surface area contributed by atoms with E-state index in [0.717, 1.165) is 29.7 Å². The van der Waals surface area contributed by atoms with Crippen molar-refractivity contribution in [2.24, 2.45) is 0 Å². The van der Waals surface area contributed by atoms with E-state index in [1.807, 2.05) is 17.8 Å². The van der Waals surface area contributed by atoms with Crippen LogP contribution in [0.15, 0.2) is 22.7 Å². The highest BCUT2D eigenvalue weighted by molar-refractivity contribution is 9.10. The summed E-state index contributed by atoms with van der Waals surface area (Å²) in [5, 5.41) is 1.36. The van der Waals surface area contributed by atoms with Crippen LogP contribution in [0, 0.1) is 5.82 Å². The highest BCUT2D eigenvalue weighted by atomic mass is 79.9. The molecular weight excluding hydrogens is 301 g/mol. The first-order chi connectivity index (χ1) is 8.04. The number of nitrogens with zero attached hydrogens (tertiary/aromatic N) is 1. The molecule has 2 atom stereocenters. The van der Waals surface area contributed by atoms with Crippen LogP contribution in [0.4, 0.5) is 4.39 Å². The SMILES string of the molecule is CC1CN(Cc2ccc(F)cc2Br)CC(C)S1. The summed E-state index contributed by atoms with van der Waals surface area (Å²) in [7, 11) is 0. The molecule has 1 aromatic carbocycles. The average molecular weight is 318 g/mol. The summed E-state index contributed by atoms with van der Waals surface area (Å²) in [6.07, 6.45) is 0. The van der Waals surface area contributed by atoms with Gasteiger partial charge in [-0.15, -0.1) is 0 Å². The van der Waals surface area contributed by atoms with Gasteiger partial charge in [0.15, 0.2) is 0 Å². The predicted octanol–water partition coefficient (Wildman–Crippen LogP) is 3.91. The Morgan fingerprint density at radius 3 is 2.59 bits per heavy atom. The lowest BCUT2D eigenvalue weighted by molar-refractivity contribution is 0.262. The highest BCUT2D eigenvalue weighted by Gasteiger charge is 2.22. The fourth-order valence-corrected chi connectivity index (χ4v) is 4.17. The van der Waals surface area contributed by atoms with Gasteiger partial charge in [0.05, 0.1) is 0 Å². The normalized spacial score (nSPS) is 26.1. The van der Waals surface area contributed by atoms with Crippen molar-refractivity contribution in [2.75, 3.05) is 13.1 Å². The van der Waals surface area contributed by atoms with Crippen LogP contribution in [0.25, 0.3) is 0 Å². The van der Waals surface area contributed by atoms with E-state index in [2.05, 4.69) is 34.7 Å². The summed E-state index contributed by atoms with van der Waals surface area (Å²) in [6.45, 7) is 7.66. The maximum atomic E-state index is 13.0. The van der Waals surface area contributed by atoms with E-state index in [0.29, 0.717) is 10.5 Å². The van der Waals surface area contributed by atoms with Crippen LogP contribution in [-0.4, -0.2) is 28.5 Å². The zero-order chi connectivity index (χ0) is 12.4. The fourth-order valence-electron chi connectivity index (χ4n) is 2.30. The minimum atomic E-state index is -0.184. The van der Waals surface area contributed by atoms with E-state index < -0.39 is 0 Å². The molecule has 0 spiro atoms. The van der Waals surface area contributed by atoms with Crippen LogP contribution in [0.1, 0.15) is 19.4 Å².